The molecule has 0 atom stereocenters. The standard InChI is InChI=1S/C7H7BClI/c1-8(10)6-3-2-4-7(9)5-6/h2-5H,1H3. The summed E-state index contributed by atoms with van der Waals surface area (Å²) in [6.07, 6.45) is 0. The summed E-state index contributed by atoms with van der Waals surface area (Å²) in [6, 6.07) is 7.96. The van der Waals surface area contributed by atoms with Crippen LogP contribution in [0.3, 0.4) is 0 Å². The first-order chi connectivity index (χ1) is 4.70. The first kappa shape index (κ1) is 8.40. The maximum atomic E-state index is 5.79. The largest absolute Gasteiger partial charge is 0.247 e. The van der Waals surface area contributed by atoms with Gasteiger partial charge >= 0.3 is 0 Å². The Kier molecular flexibility index (Phi) is 3.05. The summed E-state index contributed by atoms with van der Waals surface area (Å²) in [4.78, 5) is 0. The summed E-state index contributed by atoms with van der Waals surface area (Å²) in [5.41, 5.74) is 1.29. The molecule has 0 heterocycles. The first-order valence-electron chi connectivity index (χ1n) is 3.09. The lowest BCUT2D eigenvalue weighted by atomic mass is 9.73. The zero-order valence-corrected chi connectivity index (χ0v) is 8.56. The lowest BCUT2D eigenvalue weighted by Crippen LogP contribution is -2.18. The smallest absolute Gasteiger partial charge is 0.143 e. The summed E-state index contributed by atoms with van der Waals surface area (Å²) in [7, 11) is 0. The van der Waals surface area contributed by atoms with Crippen LogP contribution in [0.25, 0.3) is 0 Å². The molecule has 0 radical (unpaired) electrons. The molecule has 1 aromatic carbocycles. The van der Waals surface area contributed by atoms with Crippen molar-refractivity contribution in [2.45, 2.75) is 6.82 Å². The van der Waals surface area contributed by atoms with Crippen molar-refractivity contribution in [3.05, 3.63) is 29.3 Å². The Bertz CT molecular complexity index is 225. The van der Waals surface area contributed by atoms with E-state index in [4.69, 9.17) is 11.6 Å². The minimum absolute atomic E-state index is 0.538. The average Bonchev–Trinajstić information content (AvgIpc) is 1.88. The topological polar surface area (TPSA) is 0 Å². The molecule has 0 unspecified atom stereocenters. The highest BCUT2D eigenvalue weighted by atomic mass is 127. The van der Waals surface area contributed by atoms with Crippen molar-refractivity contribution in [3.63, 3.8) is 0 Å². The molecule has 0 bridgehead atoms. The van der Waals surface area contributed by atoms with Gasteiger partial charge in [0.05, 0.1) is 0 Å². The van der Waals surface area contributed by atoms with Crippen molar-refractivity contribution in [1.82, 2.24) is 0 Å². The highest BCUT2D eigenvalue weighted by Gasteiger charge is 2.03. The van der Waals surface area contributed by atoms with Crippen molar-refractivity contribution < 1.29 is 0 Å². The van der Waals surface area contributed by atoms with Gasteiger partial charge in [-0.15, -0.1) is 22.4 Å². The van der Waals surface area contributed by atoms with Gasteiger partial charge in [-0.05, 0) is 12.1 Å². The lowest BCUT2D eigenvalue weighted by molar-refractivity contribution is 1.76. The molecule has 0 N–H and O–H groups in total. The zero-order valence-electron chi connectivity index (χ0n) is 5.64. The van der Waals surface area contributed by atoms with Gasteiger partial charge in [0, 0.05) is 5.02 Å². The number of halogens is 2. The van der Waals surface area contributed by atoms with Gasteiger partial charge in [-0.3, -0.25) is 0 Å². The molecule has 10 heavy (non-hydrogen) atoms. The SMILES string of the molecule is CB(I)c1cccc(Cl)c1. The third-order valence-electron chi connectivity index (χ3n) is 1.31. The van der Waals surface area contributed by atoms with Gasteiger partial charge in [0.15, 0.2) is 0 Å². The fourth-order valence-electron chi connectivity index (χ4n) is 0.754. The number of hydrogen-bond donors (Lipinski definition) is 0. The fraction of sp³-hybridized carbons (Fsp3) is 0.143. The molecule has 0 saturated carbocycles. The van der Waals surface area contributed by atoms with Crippen LogP contribution in [-0.2, 0) is 0 Å². The van der Waals surface area contributed by atoms with Crippen LogP contribution < -0.4 is 5.46 Å². The Morgan fingerprint density at radius 1 is 1.50 bits per heavy atom. The predicted molar refractivity (Wildman–Crippen MR) is 56.7 cm³/mol. The molecule has 1 aromatic rings. The Labute approximate surface area is 79.9 Å². The second kappa shape index (κ2) is 3.63. The summed E-state index contributed by atoms with van der Waals surface area (Å²) >= 11 is 8.15. The average molecular weight is 264 g/mol. The van der Waals surface area contributed by atoms with E-state index in [-0.39, 0.29) is 0 Å². The van der Waals surface area contributed by atoms with Crippen LogP contribution in [-0.4, -0.2) is 4.57 Å². The molecular weight excluding hydrogens is 257 g/mol. The van der Waals surface area contributed by atoms with Gasteiger partial charge in [0.1, 0.15) is 0 Å². The molecule has 52 valence electrons. The van der Waals surface area contributed by atoms with E-state index in [2.05, 4.69) is 35.3 Å². The van der Waals surface area contributed by atoms with Gasteiger partial charge in [-0.2, -0.15) is 0 Å². The Morgan fingerprint density at radius 2 is 2.20 bits per heavy atom. The Balaban J connectivity index is 2.96. The monoisotopic (exact) mass is 264 g/mol. The van der Waals surface area contributed by atoms with E-state index in [0.717, 1.165) is 5.02 Å². The second-order valence-electron chi connectivity index (χ2n) is 2.17. The molecule has 0 aliphatic carbocycles. The molecule has 0 saturated heterocycles. The third-order valence-corrected chi connectivity index (χ3v) is 2.26. The number of rotatable bonds is 1. The molecule has 3 heteroatoms. The van der Waals surface area contributed by atoms with Gasteiger partial charge < -0.3 is 0 Å². The van der Waals surface area contributed by atoms with Crippen LogP contribution >= 0.6 is 34.0 Å². The van der Waals surface area contributed by atoms with Crippen molar-refractivity contribution in [1.29, 1.82) is 0 Å². The second-order valence-corrected chi connectivity index (χ2v) is 4.48. The predicted octanol–water partition coefficient (Wildman–Crippen LogP) is 2.60. The van der Waals surface area contributed by atoms with Gasteiger partial charge in [0.2, 0.25) is 4.57 Å². The first-order valence-corrected chi connectivity index (χ1v) is 4.72. The molecule has 0 aliphatic heterocycles. The molecule has 0 aromatic heterocycles. The summed E-state index contributed by atoms with van der Waals surface area (Å²) in [6.45, 7) is 2.15. The van der Waals surface area contributed by atoms with Crippen LogP contribution in [0.4, 0.5) is 0 Å². The molecule has 0 fully saturated rings. The van der Waals surface area contributed by atoms with E-state index in [9.17, 15) is 0 Å². The minimum Gasteiger partial charge on any atom is -0.143 e. The highest BCUT2D eigenvalue weighted by Crippen LogP contribution is 2.06. The molecule has 0 nitrogen and oxygen atoms in total. The van der Waals surface area contributed by atoms with E-state index in [1.54, 1.807) is 0 Å². The fourth-order valence-corrected chi connectivity index (χ4v) is 1.34. The van der Waals surface area contributed by atoms with E-state index in [0.29, 0.717) is 4.57 Å². The molecule has 0 aliphatic rings. The van der Waals surface area contributed by atoms with E-state index >= 15 is 0 Å². The lowest BCUT2D eigenvalue weighted by Gasteiger charge is -1.98. The zero-order chi connectivity index (χ0) is 7.56. The van der Waals surface area contributed by atoms with Crippen LogP contribution in [0.15, 0.2) is 24.3 Å². The summed E-state index contributed by atoms with van der Waals surface area (Å²) in [5, 5.41) is 0.820. The highest BCUT2D eigenvalue weighted by molar-refractivity contribution is 14.1. The number of benzene rings is 1. The molecule has 0 amide bonds. The van der Waals surface area contributed by atoms with E-state index in [1.807, 2.05) is 18.2 Å². The van der Waals surface area contributed by atoms with Gasteiger partial charge in [-0.25, -0.2) is 0 Å². The summed E-state index contributed by atoms with van der Waals surface area (Å²) < 4.78 is 0.538. The molecule has 0 spiro atoms. The van der Waals surface area contributed by atoms with E-state index < -0.39 is 0 Å². The van der Waals surface area contributed by atoms with Crippen LogP contribution in [0.5, 0.6) is 0 Å². The van der Waals surface area contributed by atoms with Gasteiger partial charge in [-0.1, -0.05) is 36.0 Å². The maximum absolute atomic E-state index is 5.79. The Morgan fingerprint density at radius 3 is 2.60 bits per heavy atom. The quantitative estimate of drug-likeness (QED) is 0.540. The minimum atomic E-state index is 0.538. The van der Waals surface area contributed by atoms with Crippen molar-refractivity contribution >= 4 is 44.0 Å². The Hall–Kier alpha value is 0.305. The van der Waals surface area contributed by atoms with Crippen molar-refractivity contribution in [3.8, 4) is 0 Å². The summed E-state index contributed by atoms with van der Waals surface area (Å²) in [5.74, 6) is 0. The van der Waals surface area contributed by atoms with Crippen molar-refractivity contribution in [2.75, 3.05) is 0 Å². The van der Waals surface area contributed by atoms with Crippen LogP contribution in [0, 0.1) is 0 Å². The molecular formula is C7H7BClI. The normalized spacial score (nSPS) is 9.50. The molecule has 1 rings (SSSR count). The van der Waals surface area contributed by atoms with Crippen LogP contribution in [0.1, 0.15) is 0 Å². The van der Waals surface area contributed by atoms with Crippen LogP contribution in [0.2, 0.25) is 11.8 Å². The third kappa shape index (κ3) is 2.17. The van der Waals surface area contributed by atoms with Crippen molar-refractivity contribution in [2.24, 2.45) is 0 Å². The maximum Gasteiger partial charge on any atom is 0.247 e. The number of hydrogen-bond acceptors (Lipinski definition) is 0. The van der Waals surface area contributed by atoms with E-state index in [1.165, 1.54) is 5.46 Å². The van der Waals surface area contributed by atoms with Gasteiger partial charge in [0.25, 0.3) is 0 Å².